The van der Waals surface area contributed by atoms with Crippen molar-refractivity contribution in [3.05, 3.63) is 0 Å². The molecular weight excluding hydrogens is 156 g/mol. The van der Waals surface area contributed by atoms with Gasteiger partial charge in [0, 0.05) is 13.0 Å². The lowest BCUT2D eigenvalue weighted by Crippen LogP contribution is -2.10. The minimum atomic E-state index is 0.786. The van der Waals surface area contributed by atoms with Crippen molar-refractivity contribution < 1.29 is 0 Å². The SMILES string of the molecule is CCC(N)=NCCCCSC. The Labute approximate surface area is 73.7 Å². The van der Waals surface area contributed by atoms with Gasteiger partial charge >= 0.3 is 0 Å². The number of unbranched alkanes of at least 4 members (excludes halogenated alkanes) is 1. The molecule has 0 aromatic heterocycles. The summed E-state index contributed by atoms with van der Waals surface area (Å²) in [6.45, 7) is 2.93. The molecule has 0 saturated heterocycles. The highest BCUT2D eigenvalue weighted by Crippen LogP contribution is 1.98. The van der Waals surface area contributed by atoms with E-state index in [1.54, 1.807) is 0 Å². The molecule has 0 amide bonds. The zero-order valence-corrected chi connectivity index (χ0v) is 8.28. The van der Waals surface area contributed by atoms with Crippen LogP contribution in [-0.4, -0.2) is 24.4 Å². The molecule has 0 radical (unpaired) electrons. The van der Waals surface area contributed by atoms with Crippen LogP contribution in [0.1, 0.15) is 26.2 Å². The summed E-state index contributed by atoms with van der Waals surface area (Å²) in [5.74, 6) is 2.02. The molecule has 0 heterocycles. The number of hydrogen-bond acceptors (Lipinski definition) is 2. The van der Waals surface area contributed by atoms with E-state index in [1.807, 2.05) is 18.7 Å². The zero-order chi connectivity index (χ0) is 8.53. The molecule has 0 aromatic carbocycles. The highest BCUT2D eigenvalue weighted by Gasteiger charge is 1.87. The number of amidine groups is 1. The Morgan fingerprint density at radius 3 is 2.73 bits per heavy atom. The van der Waals surface area contributed by atoms with Crippen LogP contribution >= 0.6 is 11.8 Å². The third-order valence-corrected chi connectivity index (χ3v) is 2.13. The third-order valence-electron chi connectivity index (χ3n) is 1.43. The molecule has 0 aliphatic carbocycles. The lowest BCUT2D eigenvalue weighted by molar-refractivity contribution is 0.812. The van der Waals surface area contributed by atoms with Crippen LogP contribution < -0.4 is 5.73 Å². The quantitative estimate of drug-likeness (QED) is 0.379. The van der Waals surface area contributed by atoms with Crippen molar-refractivity contribution in [3.8, 4) is 0 Å². The fourth-order valence-electron chi connectivity index (χ4n) is 0.693. The van der Waals surface area contributed by atoms with Crippen LogP contribution in [0, 0.1) is 0 Å². The summed E-state index contributed by atoms with van der Waals surface area (Å²) < 4.78 is 0. The summed E-state index contributed by atoms with van der Waals surface area (Å²) in [6.07, 6.45) is 5.43. The number of nitrogens with two attached hydrogens (primary N) is 1. The summed E-state index contributed by atoms with van der Waals surface area (Å²) >= 11 is 1.89. The van der Waals surface area contributed by atoms with Crippen molar-refractivity contribution in [2.24, 2.45) is 10.7 Å². The van der Waals surface area contributed by atoms with Crippen molar-refractivity contribution in [3.63, 3.8) is 0 Å². The van der Waals surface area contributed by atoms with Crippen molar-refractivity contribution in [1.82, 2.24) is 0 Å². The van der Waals surface area contributed by atoms with Gasteiger partial charge in [0.2, 0.25) is 0 Å². The first-order valence-electron chi connectivity index (χ1n) is 4.09. The number of nitrogens with zero attached hydrogens (tertiary/aromatic N) is 1. The van der Waals surface area contributed by atoms with Gasteiger partial charge in [-0.2, -0.15) is 11.8 Å². The first-order valence-corrected chi connectivity index (χ1v) is 5.48. The van der Waals surface area contributed by atoms with Gasteiger partial charge in [-0.05, 0) is 24.9 Å². The van der Waals surface area contributed by atoms with E-state index in [-0.39, 0.29) is 0 Å². The summed E-state index contributed by atoms with van der Waals surface area (Å²) in [6, 6.07) is 0. The molecule has 2 nitrogen and oxygen atoms in total. The molecule has 11 heavy (non-hydrogen) atoms. The average Bonchev–Trinajstić information content (AvgIpc) is 2.04. The van der Waals surface area contributed by atoms with Crippen molar-refractivity contribution >= 4 is 17.6 Å². The molecule has 0 atom stereocenters. The Hall–Kier alpha value is -0.180. The Morgan fingerprint density at radius 2 is 2.18 bits per heavy atom. The molecule has 0 aliphatic rings. The Balaban J connectivity index is 3.12. The number of rotatable bonds is 6. The molecule has 0 fully saturated rings. The summed E-state index contributed by atoms with van der Waals surface area (Å²) in [4.78, 5) is 4.20. The molecule has 0 rings (SSSR count). The minimum absolute atomic E-state index is 0.786. The van der Waals surface area contributed by atoms with Gasteiger partial charge in [0.1, 0.15) is 0 Å². The smallest absolute Gasteiger partial charge is 0.0934 e. The van der Waals surface area contributed by atoms with Gasteiger partial charge in [0.05, 0.1) is 5.84 Å². The van der Waals surface area contributed by atoms with Crippen LogP contribution in [-0.2, 0) is 0 Å². The van der Waals surface area contributed by atoms with Crippen molar-refractivity contribution in [2.45, 2.75) is 26.2 Å². The maximum absolute atomic E-state index is 5.53. The second-order valence-electron chi connectivity index (χ2n) is 2.43. The second-order valence-corrected chi connectivity index (χ2v) is 3.41. The number of hydrogen-bond donors (Lipinski definition) is 1. The Morgan fingerprint density at radius 1 is 1.45 bits per heavy atom. The van der Waals surface area contributed by atoms with Gasteiger partial charge in [-0.15, -0.1) is 0 Å². The summed E-state index contributed by atoms with van der Waals surface area (Å²) in [7, 11) is 0. The van der Waals surface area contributed by atoms with Gasteiger partial charge < -0.3 is 5.73 Å². The van der Waals surface area contributed by atoms with Gasteiger partial charge in [0.25, 0.3) is 0 Å². The van der Waals surface area contributed by atoms with E-state index >= 15 is 0 Å². The topological polar surface area (TPSA) is 38.4 Å². The van der Waals surface area contributed by atoms with E-state index in [4.69, 9.17) is 5.73 Å². The van der Waals surface area contributed by atoms with Crippen LogP contribution in [0.15, 0.2) is 4.99 Å². The van der Waals surface area contributed by atoms with Crippen LogP contribution in [0.2, 0.25) is 0 Å². The summed E-state index contributed by atoms with van der Waals surface area (Å²) in [5, 5.41) is 0. The largest absolute Gasteiger partial charge is 0.387 e. The first kappa shape index (κ1) is 10.8. The van der Waals surface area contributed by atoms with Gasteiger partial charge in [0.15, 0.2) is 0 Å². The zero-order valence-electron chi connectivity index (χ0n) is 7.47. The highest BCUT2D eigenvalue weighted by molar-refractivity contribution is 7.98. The summed E-state index contributed by atoms with van der Waals surface area (Å²) in [5.41, 5.74) is 5.53. The number of thioether (sulfide) groups is 1. The Kier molecular flexibility index (Phi) is 7.79. The van der Waals surface area contributed by atoms with Gasteiger partial charge in [-0.3, -0.25) is 4.99 Å². The molecule has 0 spiro atoms. The molecule has 2 N–H and O–H groups in total. The van der Waals surface area contributed by atoms with Crippen LogP contribution in [0.3, 0.4) is 0 Å². The van der Waals surface area contributed by atoms with Crippen molar-refractivity contribution in [2.75, 3.05) is 18.6 Å². The minimum Gasteiger partial charge on any atom is -0.387 e. The molecular formula is C8H18N2S. The second kappa shape index (κ2) is 7.92. The monoisotopic (exact) mass is 174 g/mol. The normalized spacial score (nSPS) is 12.0. The molecule has 0 aromatic rings. The molecule has 66 valence electrons. The van der Waals surface area contributed by atoms with Crippen LogP contribution in [0.5, 0.6) is 0 Å². The standard InChI is InChI=1S/C8H18N2S/c1-3-8(9)10-6-4-5-7-11-2/h3-7H2,1-2H3,(H2,9,10). The highest BCUT2D eigenvalue weighted by atomic mass is 32.2. The lowest BCUT2D eigenvalue weighted by atomic mass is 10.3. The maximum atomic E-state index is 5.53. The van der Waals surface area contributed by atoms with Crippen molar-refractivity contribution in [1.29, 1.82) is 0 Å². The molecule has 0 aliphatic heterocycles. The number of aliphatic imine (C=N–C) groups is 1. The fraction of sp³-hybridized carbons (Fsp3) is 0.875. The van der Waals surface area contributed by atoms with Gasteiger partial charge in [-0.1, -0.05) is 6.92 Å². The third kappa shape index (κ3) is 7.72. The van der Waals surface area contributed by atoms with E-state index in [1.165, 1.54) is 18.6 Å². The van der Waals surface area contributed by atoms with E-state index in [0.29, 0.717) is 0 Å². The van der Waals surface area contributed by atoms with E-state index < -0.39 is 0 Å². The molecule has 0 unspecified atom stereocenters. The van der Waals surface area contributed by atoms with E-state index in [0.717, 1.165) is 18.8 Å². The predicted octanol–water partition coefficient (Wildman–Crippen LogP) is 1.90. The van der Waals surface area contributed by atoms with Crippen LogP contribution in [0.25, 0.3) is 0 Å². The maximum Gasteiger partial charge on any atom is 0.0934 e. The molecule has 0 bridgehead atoms. The Bertz CT molecular complexity index is 113. The van der Waals surface area contributed by atoms with E-state index in [2.05, 4.69) is 11.2 Å². The predicted molar refractivity (Wildman–Crippen MR) is 54.4 cm³/mol. The first-order chi connectivity index (χ1) is 5.31. The van der Waals surface area contributed by atoms with Crippen LogP contribution in [0.4, 0.5) is 0 Å². The molecule has 0 saturated carbocycles. The van der Waals surface area contributed by atoms with Gasteiger partial charge in [-0.25, -0.2) is 0 Å². The van der Waals surface area contributed by atoms with E-state index in [9.17, 15) is 0 Å². The fourth-order valence-corrected chi connectivity index (χ4v) is 1.19. The average molecular weight is 174 g/mol. The lowest BCUT2D eigenvalue weighted by Gasteiger charge is -1.96. The molecule has 3 heteroatoms.